The number of aliphatic hydroxyl groups excluding tert-OH is 2. The maximum Gasteiger partial charge on any atom is 0.304 e. The molecule has 1 aliphatic rings. The molecule has 0 spiro atoms. The quantitative estimate of drug-likeness (QED) is 0.596. The Kier molecular flexibility index (Phi) is 4.95. The summed E-state index contributed by atoms with van der Waals surface area (Å²) in [7, 11) is 0. The van der Waals surface area contributed by atoms with Crippen molar-refractivity contribution < 1.29 is 15.1 Å². The molecule has 1 saturated carbocycles. The lowest BCUT2D eigenvalue weighted by molar-refractivity contribution is -0.383. The van der Waals surface area contributed by atoms with E-state index in [2.05, 4.69) is 0 Å². The second-order valence-electron chi connectivity index (χ2n) is 5.13. The zero-order valence-corrected chi connectivity index (χ0v) is 12.3. The van der Waals surface area contributed by atoms with Crippen molar-refractivity contribution in [3.8, 4) is 0 Å². The molecule has 2 N–H and O–H groups in total. The fourth-order valence-electron chi connectivity index (χ4n) is 2.32. The van der Waals surface area contributed by atoms with Crippen LogP contribution in [0.1, 0.15) is 43.6 Å². The number of anilines is 1. The van der Waals surface area contributed by atoms with Crippen LogP contribution < -0.4 is 4.90 Å². The van der Waals surface area contributed by atoms with Gasteiger partial charge in [-0.05, 0) is 32.6 Å². The molecule has 0 aliphatic heterocycles. The molecule has 0 saturated heterocycles. The zero-order chi connectivity index (χ0) is 14.7. The Labute approximate surface area is 121 Å². The summed E-state index contributed by atoms with van der Waals surface area (Å²) in [4.78, 5) is 13.5. The first-order chi connectivity index (χ1) is 9.54. The van der Waals surface area contributed by atoms with E-state index >= 15 is 0 Å². The molecule has 0 radical (unpaired) electrons. The predicted molar refractivity (Wildman–Crippen MR) is 78.3 cm³/mol. The van der Waals surface area contributed by atoms with Crippen LogP contribution in [0.5, 0.6) is 0 Å². The molecule has 1 fully saturated rings. The number of aliphatic hydroxyl groups is 2. The van der Waals surface area contributed by atoms with Gasteiger partial charge in [0.15, 0.2) is 5.00 Å². The van der Waals surface area contributed by atoms with Gasteiger partial charge in [0.1, 0.15) is 0 Å². The smallest absolute Gasteiger partial charge is 0.304 e. The third-order valence-electron chi connectivity index (χ3n) is 3.65. The molecule has 6 nitrogen and oxygen atoms in total. The van der Waals surface area contributed by atoms with Gasteiger partial charge in [-0.1, -0.05) is 0 Å². The Morgan fingerprint density at radius 1 is 1.60 bits per heavy atom. The first-order valence-corrected chi connectivity index (χ1v) is 7.70. The second kappa shape index (κ2) is 6.51. The van der Waals surface area contributed by atoms with Crippen LogP contribution in [0.15, 0.2) is 6.07 Å². The van der Waals surface area contributed by atoms with Gasteiger partial charge in [-0.15, -0.1) is 11.3 Å². The van der Waals surface area contributed by atoms with Crippen LogP contribution in [0.4, 0.5) is 10.7 Å². The summed E-state index contributed by atoms with van der Waals surface area (Å²) >= 11 is 1.28. The molecule has 0 amide bonds. The van der Waals surface area contributed by atoms with E-state index in [9.17, 15) is 15.2 Å². The van der Waals surface area contributed by atoms with Crippen LogP contribution in [0.3, 0.4) is 0 Å². The highest BCUT2D eigenvalue weighted by atomic mass is 32.1. The highest BCUT2D eigenvalue weighted by Gasteiger charge is 2.32. The fraction of sp³-hybridized carbons (Fsp3) is 0.692. The van der Waals surface area contributed by atoms with Gasteiger partial charge in [-0.25, -0.2) is 0 Å². The van der Waals surface area contributed by atoms with Crippen molar-refractivity contribution in [3.63, 3.8) is 0 Å². The second-order valence-corrected chi connectivity index (χ2v) is 6.19. The highest BCUT2D eigenvalue weighted by Crippen LogP contribution is 2.43. The molecule has 7 heteroatoms. The van der Waals surface area contributed by atoms with E-state index in [1.54, 1.807) is 6.92 Å². The van der Waals surface area contributed by atoms with Crippen molar-refractivity contribution in [1.82, 2.24) is 0 Å². The maximum absolute atomic E-state index is 11.2. The lowest BCUT2D eigenvalue weighted by Gasteiger charge is -2.37. The van der Waals surface area contributed by atoms with Crippen molar-refractivity contribution in [1.29, 1.82) is 0 Å². The molecule has 0 unspecified atom stereocenters. The highest BCUT2D eigenvalue weighted by molar-refractivity contribution is 7.16. The van der Waals surface area contributed by atoms with E-state index in [4.69, 9.17) is 5.11 Å². The maximum atomic E-state index is 11.2. The molecule has 20 heavy (non-hydrogen) atoms. The first kappa shape index (κ1) is 15.2. The number of hydrogen-bond acceptors (Lipinski definition) is 6. The van der Waals surface area contributed by atoms with Gasteiger partial charge in [-0.2, -0.15) is 0 Å². The summed E-state index contributed by atoms with van der Waals surface area (Å²) in [6.45, 7) is 2.30. The van der Waals surface area contributed by atoms with Gasteiger partial charge in [0.05, 0.1) is 11.0 Å². The topological polar surface area (TPSA) is 86.8 Å². The number of rotatable bonds is 7. The molecule has 0 aromatic carbocycles. The normalized spacial score (nSPS) is 16.8. The van der Waals surface area contributed by atoms with Gasteiger partial charge in [0.2, 0.25) is 0 Å². The van der Waals surface area contributed by atoms with Crippen LogP contribution in [-0.2, 0) is 0 Å². The zero-order valence-electron chi connectivity index (χ0n) is 11.5. The van der Waals surface area contributed by atoms with Crippen LogP contribution in [0.2, 0.25) is 0 Å². The Balaban J connectivity index is 2.32. The van der Waals surface area contributed by atoms with Crippen molar-refractivity contribution in [3.05, 3.63) is 21.1 Å². The molecular weight excluding hydrogens is 280 g/mol. The van der Waals surface area contributed by atoms with Gasteiger partial charge < -0.3 is 15.1 Å². The molecule has 1 aromatic heterocycles. The summed E-state index contributed by atoms with van der Waals surface area (Å²) in [6.07, 6.45) is 3.10. The minimum Gasteiger partial charge on any atom is -0.396 e. The Bertz CT molecular complexity index is 471. The predicted octanol–water partition coefficient (Wildman–Crippen LogP) is 2.45. The number of nitrogens with zero attached hydrogens (tertiary/aromatic N) is 2. The van der Waals surface area contributed by atoms with Crippen molar-refractivity contribution in [2.45, 2.75) is 44.8 Å². The van der Waals surface area contributed by atoms with Crippen molar-refractivity contribution in [2.75, 3.05) is 18.1 Å². The minimum absolute atomic E-state index is 0.0655. The summed E-state index contributed by atoms with van der Waals surface area (Å²) in [5.41, 5.74) is 0.0655. The largest absolute Gasteiger partial charge is 0.396 e. The molecule has 2 rings (SSSR count). The van der Waals surface area contributed by atoms with E-state index in [0.717, 1.165) is 19.3 Å². The standard InChI is InChI=1S/C13H20N2O4S/c1-9(17)12-8-11(15(18)19)13(20-12)14(6-3-7-16)10-4-2-5-10/h8-10,16-17H,2-7H2,1H3/t9-/m1/s1. The summed E-state index contributed by atoms with van der Waals surface area (Å²) in [5.74, 6) is 0. The van der Waals surface area contributed by atoms with E-state index in [1.165, 1.54) is 17.4 Å². The van der Waals surface area contributed by atoms with Gasteiger partial charge in [-0.3, -0.25) is 10.1 Å². The minimum atomic E-state index is -0.700. The van der Waals surface area contributed by atoms with E-state index in [-0.39, 0.29) is 17.2 Å². The third kappa shape index (κ3) is 3.11. The fourth-order valence-corrected chi connectivity index (χ4v) is 3.48. The number of nitro groups is 1. The average molecular weight is 300 g/mol. The Morgan fingerprint density at radius 3 is 2.75 bits per heavy atom. The van der Waals surface area contributed by atoms with Crippen LogP contribution >= 0.6 is 11.3 Å². The van der Waals surface area contributed by atoms with E-state index in [1.807, 2.05) is 4.90 Å². The first-order valence-electron chi connectivity index (χ1n) is 6.88. The molecule has 1 heterocycles. The summed E-state index contributed by atoms with van der Waals surface area (Å²) < 4.78 is 0. The van der Waals surface area contributed by atoms with Crippen LogP contribution in [0.25, 0.3) is 0 Å². The molecule has 1 atom stereocenters. The Morgan fingerprint density at radius 2 is 2.30 bits per heavy atom. The monoisotopic (exact) mass is 300 g/mol. The molecular formula is C13H20N2O4S. The SMILES string of the molecule is C[C@@H](O)c1cc([N+](=O)[O-])c(N(CCCO)C2CCC2)s1. The third-order valence-corrected chi connectivity index (χ3v) is 4.99. The van der Waals surface area contributed by atoms with Crippen molar-refractivity contribution in [2.24, 2.45) is 0 Å². The summed E-state index contributed by atoms with van der Waals surface area (Å²) in [5, 5.41) is 30.5. The molecule has 0 bridgehead atoms. The van der Waals surface area contributed by atoms with Gasteiger partial charge >= 0.3 is 5.69 Å². The Hall–Kier alpha value is -1.18. The molecule has 1 aromatic rings. The molecule has 1 aliphatic carbocycles. The lowest BCUT2D eigenvalue weighted by Crippen LogP contribution is -2.41. The molecule has 112 valence electrons. The van der Waals surface area contributed by atoms with E-state index in [0.29, 0.717) is 28.9 Å². The number of hydrogen-bond donors (Lipinski definition) is 2. The van der Waals surface area contributed by atoms with Gasteiger partial charge in [0.25, 0.3) is 0 Å². The van der Waals surface area contributed by atoms with Crippen LogP contribution in [0, 0.1) is 10.1 Å². The summed E-state index contributed by atoms with van der Waals surface area (Å²) in [6, 6.07) is 1.79. The van der Waals surface area contributed by atoms with Crippen LogP contribution in [-0.4, -0.2) is 34.3 Å². The van der Waals surface area contributed by atoms with Gasteiger partial charge in [0, 0.05) is 30.1 Å². The average Bonchev–Trinajstić information content (AvgIpc) is 2.76. The van der Waals surface area contributed by atoms with E-state index < -0.39 is 6.10 Å². The lowest BCUT2D eigenvalue weighted by atomic mass is 9.91. The number of thiophene rings is 1. The van der Waals surface area contributed by atoms with Crippen molar-refractivity contribution >= 4 is 22.0 Å².